The molecule has 10 nitrogen and oxygen atoms in total. The number of hydrogen-bond donors (Lipinski definition) is 3. The van der Waals surface area contributed by atoms with Crippen molar-refractivity contribution in [3.63, 3.8) is 0 Å². The lowest BCUT2D eigenvalue weighted by Crippen LogP contribution is -2.47. The van der Waals surface area contributed by atoms with Crippen molar-refractivity contribution in [3.05, 3.63) is 137 Å². The number of fused-ring (bicyclic) bond motifs is 1. The van der Waals surface area contributed by atoms with Crippen molar-refractivity contribution in [2.45, 2.75) is 52.0 Å². The molecule has 0 saturated heterocycles. The Morgan fingerprint density at radius 3 is 2.10 bits per heavy atom. The summed E-state index contributed by atoms with van der Waals surface area (Å²) in [7, 11) is 0. The van der Waals surface area contributed by atoms with Gasteiger partial charge in [-0.1, -0.05) is 91.0 Å². The predicted octanol–water partition coefficient (Wildman–Crippen LogP) is 6.41. The number of carbonyl (C=O) groups excluding carboxylic acids is 3. The molecule has 1 atom stereocenters. The molecular formula is C40H41N5O5. The molecule has 0 fully saturated rings. The molecule has 1 unspecified atom stereocenters. The third kappa shape index (κ3) is 9.73. The summed E-state index contributed by atoms with van der Waals surface area (Å²) in [6.45, 7) is 3.15. The number of unbranched alkanes of at least 4 members (excludes halogenated alkanes) is 1. The van der Waals surface area contributed by atoms with Crippen molar-refractivity contribution in [1.82, 2.24) is 20.5 Å². The second kappa shape index (κ2) is 17.9. The summed E-state index contributed by atoms with van der Waals surface area (Å²) >= 11 is 0. The van der Waals surface area contributed by atoms with Gasteiger partial charge in [-0.05, 0) is 61.1 Å². The largest absolute Gasteiger partial charge is 0.489 e. The van der Waals surface area contributed by atoms with Crippen LogP contribution in [0.15, 0.2) is 109 Å². The summed E-state index contributed by atoms with van der Waals surface area (Å²) < 4.78 is 13.5. The highest BCUT2D eigenvalue weighted by molar-refractivity contribution is 6.10. The molecule has 0 saturated carbocycles. The molecule has 0 radical (unpaired) electrons. The molecule has 1 aromatic heterocycles. The van der Waals surface area contributed by atoms with E-state index in [4.69, 9.17) is 14.7 Å². The van der Waals surface area contributed by atoms with E-state index in [1.165, 1.54) is 0 Å². The van der Waals surface area contributed by atoms with Gasteiger partial charge in [0.25, 0.3) is 5.91 Å². The fourth-order valence-corrected chi connectivity index (χ4v) is 5.74. The first-order chi connectivity index (χ1) is 24.4. The number of benzene rings is 4. The molecule has 5 aromatic rings. The van der Waals surface area contributed by atoms with Gasteiger partial charge in [-0.15, -0.1) is 0 Å². The minimum absolute atomic E-state index is 0.168. The van der Waals surface area contributed by atoms with Crippen LogP contribution >= 0.6 is 0 Å². The molecule has 3 amide bonds. The first-order valence-corrected chi connectivity index (χ1v) is 16.7. The van der Waals surface area contributed by atoms with Crippen LogP contribution in [0.5, 0.6) is 5.75 Å². The number of amides is 3. The van der Waals surface area contributed by atoms with Crippen molar-refractivity contribution in [2.24, 2.45) is 0 Å². The number of alkyl carbamates (subject to hydrolysis) is 1. The molecule has 256 valence electrons. The van der Waals surface area contributed by atoms with Crippen molar-refractivity contribution in [2.75, 3.05) is 13.1 Å². The number of ether oxygens (including phenoxy) is 2. The van der Waals surface area contributed by atoms with Crippen molar-refractivity contribution in [1.29, 1.82) is 5.26 Å². The van der Waals surface area contributed by atoms with Crippen molar-refractivity contribution < 1.29 is 23.9 Å². The summed E-state index contributed by atoms with van der Waals surface area (Å²) in [6.07, 6.45) is 0.850. The Morgan fingerprint density at radius 2 is 1.44 bits per heavy atom. The summed E-state index contributed by atoms with van der Waals surface area (Å²) in [4.78, 5) is 39.4. The average molecular weight is 672 g/mol. The second-order valence-electron chi connectivity index (χ2n) is 11.9. The van der Waals surface area contributed by atoms with Crippen LogP contribution in [0.4, 0.5) is 4.79 Å². The highest BCUT2D eigenvalue weighted by Gasteiger charge is 2.26. The normalized spacial score (nSPS) is 11.3. The number of nitrogens with one attached hydrogen (secondary N) is 3. The van der Waals surface area contributed by atoms with Crippen molar-refractivity contribution in [3.8, 4) is 11.8 Å². The van der Waals surface area contributed by atoms with Gasteiger partial charge in [0.2, 0.25) is 5.91 Å². The third-order valence-corrected chi connectivity index (χ3v) is 8.32. The van der Waals surface area contributed by atoms with Gasteiger partial charge in [0.15, 0.2) is 0 Å². The first kappa shape index (κ1) is 35.2. The number of nitriles is 1. The molecule has 0 aliphatic carbocycles. The van der Waals surface area contributed by atoms with E-state index in [-0.39, 0.29) is 13.2 Å². The van der Waals surface area contributed by atoms with Gasteiger partial charge < -0.3 is 30.0 Å². The fraction of sp³-hybridized carbons (Fsp3) is 0.250. The van der Waals surface area contributed by atoms with Gasteiger partial charge in [-0.2, -0.15) is 5.26 Å². The Kier molecular flexibility index (Phi) is 12.6. The summed E-state index contributed by atoms with van der Waals surface area (Å²) in [6, 6.07) is 36.0. The maximum absolute atomic E-state index is 14.1. The van der Waals surface area contributed by atoms with E-state index in [0.29, 0.717) is 55.7 Å². The highest BCUT2D eigenvalue weighted by Crippen LogP contribution is 2.31. The van der Waals surface area contributed by atoms with Crippen molar-refractivity contribution >= 4 is 28.8 Å². The summed E-state index contributed by atoms with van der Waals surface area (Å²) in [5.74, 6) is -0.239. The smallest absolute Gasteiger partial charge is 0.407 e. The Balaban J connectivity index is 1.30. The Hall–Kier alpha value is -6.08. The number of aromatic nitrogens is 1. The van der Waals surface area contributed by atoms with E-state index in [1.807, 2.05) is 122 Å². The van der Waals surface area contributed by atoms with Gasteiger partial charge in [-0.3, -0.25) is 9.59 Å². The van der Waals surface area contributed by atoms with Crippen LogP contribution in [0.1, 0.15) is 52.0 Å². The van der Waals surface area contributed by atoms with Crippen LogP contribution in [0.25, 0.3) is 10.9 Å². The third-order valence-electron chi connectivity index (χ3n) is 8.32. The van der Waals surface area contributed by atoms with Gasteiger partial charge in [0, 0.05) is 29.7 Å². The van der Waals surface area contributed by atoms with E-state index in [1.54, 1.807) is 0 Å². The molecule has 10 heteroatoms. The van der Waals surface area contributed by atoms with E-state index in [9.17, 15) is 14.4 Å². The minimum atomic E-state index is -0.898. The number of nitrogens with zero attached hydrogens (tertiary/aromatic N) is 2. The predicted molar refractivity (Wildman–Crippen MR) is 191 cm³/mol. The zero-order valence-corrected chi connectivity index (χ0v) is 28.1. The number of rotatable bonds is 16. The molecule has 1 heterocycles. The van der Waals surface area contributed by atoms with E-state index in [2.05, 4.69) is 20.5 Å². The maximum atomic E-state index is 14.1. The fourth-order valence-electron chi connectivity index (χ4n) is 5.74. The van der Waals surface area contributed by atoms with Crippen LogP contribution in [-0.4, -0.2) is 41.6 Å². The van der Waals surface area contributed by atoms with Crippen LogP contribution in [0.3, 0.4) is 0 Å². The first-order valence-electron chi connectivity index (χ1n) is 16.7. The number of carbonyl (C=O) groups is 3. The van der Waals surface area contributed by atoms with Crippen LogP contribution < -0.4 is 20.7 Å². The van der Waals surface area contributed by atoms with Crippen LogP contribution in [0, 0.1) is 18.3 Å². The van der Waals surface area contributed by atoms with E-state index in [0.717, 1.165) is 27.9 Å². The topological polar surface area (TPSA) is 134 Å². The Labute approximate surface area is 292 Å². The summed E-state index contributed by atoms with van der Waals surface area (Å²) in [5.41, 5.74) is 5.04. The van der Waals surface area contributed by atoms with Gasteiger partial charge in [0.1, 0.15) is 31.5 Å². The van der Waals surface area contributed by atoms with E-state index < -0.39 is 23.9 Å². The van der Waals surface area contributed by atoms with Gasteiger partial charge in [-0.25, -0.2) is 4.79 Å². The molecule has 0 spiro atoms. The minimum Gasteiger partial charge on any atom is -0.489 e. The molecule has 0 bridgehead atoms. The standard InChI is InChI=1S/C40H41N5O5/c1-29-37(34-25-33(49-27-31-15-7-3-8-16-31)20-21-36(34)45(29)26-30-13-5-2-6-14-30)39(47)44-35(38(46)42-24-22-41)19-11-12-23-43-40(48)50-28-32-17-9-4-10-18-32/h2-10,13-18,20-21,25,35H,11-12,19,23-24,26-28H2,1H3,(H,42,46)(H,43,48)(H,44,47). The Morgan fingerprint density at radius 1 is 0.800 bits per heavy atom. The van der Waals surface area contributed by atoms with E-state index >= 15 is 0 Å². The number of hydrogen-bond acceptors (Lipinski definition) is 6. The molecular weight excluding hydrogens is 630 g/mol. The molecule has 4 aromatic carbocycles. The van der Waals surface area contributed by atoms with Gasteiger partial charge >= 0.3 is 6.09 Å². The zero-order chi connectivity index (χ0) is 35.1. The van der Waals surface area contributed by atoms with Crippen LogP contribution in [-0.2, 0) is 29.3 Å². The average Bonchev–Trinajstić information content (AvgIpc) is 3.42. The zero-order valence-electron chi connectivity index (χ0n) is 28.1. The lowest BCUT2D eigenvalue weighted by molar-refractivity contribution is -0.122. The Bertz CT molecular complexity index is 1920. The quantitative estimate of drug-likeness (QED) is 0.0820. The highest BCUT2D eigenvalue weighted by atomic mass is 16.5. The van der Waals surface area contributed by atoms with Gasteiger partial charge in [0.05, 0.1) is 11.6 Å². The monoisotopic (exact) mass is 671 g/mol. The molecule has 3 N–H and O–H groups in total. The molecule has 0 aliphatic rings. The lowest BCUT2D eigenvalue weighted by atomic mass is 10.1. The molecule has 0 aliphatic heterocycles. The second-order valence-corrected chi connectivity index (χ2v) is 11.9. The molecule has 50 heavy (non-hydrogen) atoms. The summed E-state index contributed by atoms with van der Waals surface area (Å²) in [5, 5.41) is 18.0. The molecule has 5 rings (SSSR count). The SMILES string of the molecule is Cc1c(C(=O)NC(CCCCNC(=O)OCc2ccccc2)C(=O)NCC#N)c2cc(OCc3ccccc3)ccc2n1Cc1ccccc1. The van der Waals surface area contributed by atoms with Crippen LogP contribution in [0.2, 0.25) is 0 Å². The lowest BCUT2D eigenvalue weighted by Gasteiger charge is -2.18. The maximum Gasteiger partial charge on any atom is 0.407 e.